The first-order chi connectivity index (χ1) is 17.3. The Balaban J connectivity index is 1.56. The Morgan fingerprint density at radius 1 is 1.00 bits per heavy atom. The molecule has 3 aromatic rings. The second kappa shape index (κ2) is 10.9. The smallest absolute Gasteiger partial charge is 0.264 e. The summed E-state index contributed by atoms with van der Waals surface area (Å²) in [5.74, 6) is 1.42. The van der Waals surface area contributed by atoms with Crippen LogP contribution in [0.25, 0.3) is 0 Å². The van der Waals surface area contributed by atoms with E-state index in [-0.39, 0.29) is 17.5 Å². The molecule has 0 bridgehead atoms. The van der Waals surface area contributed by atoms with Gasteiger partial charge in [-0.1, -0.05) is 23.8 Å². The zero-order chi connectivity index (χ0) is 25.7. The molecule has 0 fully saturated rings. The van der Waals surface area contributed by atoms with Gasteiger partial charge < -0.3 is 19.5 Å². The quantitative estimate of drug-likeness (QED) is 0.463. The molecule has 0 unspecified atom stereocenters. The first-order valence-electron chi connectivity index (χ1n) is 11.8. The molecule has 1 amide bonds. The van der Waals surface area contributed by atoms with Gasteiger partial charge in [0, 0.05) is 0 Å². The summed E-state index contributed by atoms with van der Waals surface area (Å²) >= 11 is 0. The van der Waals surface area contributed by atoms with Gasteiger partial charge in [0.1, 0.15) is 25.5 Å². The third kappa shape index (κ3) is 5.73. The number of nitrogens with zero attached hydrogens (tertiary/aromatic N) is 1. The van der Waals surface area contributed by atoms with E-state index >= 15 is 0 Å². The maximum Gasteiger partial charge on any atom is 0.264 e. The number of ether oxygens (including phenoxy) is 3. The lowest BCUT2D eigenvalue weighted by atomic mass is 10.1. The van der Waals surface area contributed by atoms with Gasteiger partial charge in [-0.15, -0.1) is 0 Å². The molecule has 3 aromatic carbocycles. The minimum atomic E-state index is -4.03. The van der Waals surface area contributed by atoms with Crippen LogP contribution < -0.4 is 23.8 Å². The van der Waals surface area contributed by atoms with E-state index in [1.54, 1.807) is 24.3 Å². The fourth-order valence-electron chi connectivity index (χ4n) is 3.86. The van der Waals surface area contributed by atoms with Gasteiger partial charge in [0.2, 0.25) is 5.91 Å². The summed E-state index contributed by atoms with van der Waals surface area (Å²) in [6, 6.07) is 18.3. The Labute approximate surface area is 211 Å². The number of rotatable bonds is 9. The number of benzene rings is 3. The van der Waals surface area contributed by atoms with Gasteiger partial charge in [0.05, 0.1) is 23.2 Å². The van der Waals surface area contributed by atoms with Gasteiger partial charge in [-0.25, -0.2) is 8.42 Å². The molecule has 1 aliphatic rings. The van der Waals surface area contributed by atoms with Crippen LogP contribution in [0.3, 0.4) is 0 Å². The van der Waals surface area contributed by atoms with E-state index in [0.717, 1.165) is 15.4 Å². The highest BCUT2D eigenvalue weighted by Gasteiger charge is 2.28. The minimum Gasteiger partial charge on any atom is -0.494 e. The fourth-order valence-corrected chi connectivity index (χ4v) is 5.28. The highest BCUT2D eigenvalue weighted by atomic mass is 32.2. The molecule has 9 heteroatoms. The number of carbonyl (C=O) groups is 1. The summed E-state index contributed by atoms with van der Waals surface area (Å²) in [5.41, 5.74) is 2.20. The predicted molar refractivity (Wildman–Crippen MR) is 137 cm³/mol. The largest absolute Gasteiger partial charge is 0.494 e. The summed E-state index contributed by atoms with van der Waals surface area (Å²) in [7, 11) is -4.03. The van der Waals surface area contributed by atoms with Crippen molar-refractivity contribution in [1.29, 1.82) is 0 Å². The summed E-state index contributed by atoms with van der Waals surface area (Å²) in [6.45, 7) is 6.66. The number of hydrogen-bond acceptors (Lipinski definition) is 6. The summed E-state index contributed by atoms with van der Waals surface area (Å²) in [6.07, 6.45) is 0. The molecule has 1 aliphatic heterocycles. The van der Waals surface area contributed by atoms with Crippen LogP contribution in [0, 0.1) is 6.92 Å². The van der Waals surface area contributed by atoms with Crippen LogP contribution in [0.1, 0.15) is 31.0 Å². The van der Waals surface area contributed by atoms with Crippen LogP contribution in [0.5, 0.6) is 17.2 Å². The van der Waals surface area contributed by atoms with Crippen LogP contribution in [-0.4, -0.2) is 40.7 Å². The molecule has 8 nitrogen and oxygen atoms in total. The monoisotopic (exact) mass is 510 g/mol. The SMILES string of the molecule is CCOc1ccc(S(=O)(=O)N(CC(=O)N[C@@H](C)c2ccc3c(c2)OCCO3)c2ccc(C)cc2)cc1. The molecule has 190 valence electrons. The van der Waals surface area contributed by atoms with Crippen molar-refractivity contribution in [3.05, 3.63) is 77.9 Å². The maximum absolute atomic E-state index is 13.6. The van der Waals surface area contributed by atoms with E-state index in [0.29, 0.717) is 42.8 Å². The number of hydrogen-bond donors (Lipinski definition) is 1. The molecule has 0 radical (unpaired) electrons. The van der Waals surface area contributed by atoms with Crippen LogP contribution in [0.4, 0.5) is 5.69 Å². The number of fused-ring (bicyclic) bond motifs is 1. The van der Waals surface area contributed by atoms with Crippen molar-refractivity contribution in [2.24, 2.45) is 0 Å². The fraction of sp³-hybridized carbons (Fsp3) is 0.296. The number of aryl methyl sites for hydroxylation is 1. The van der Waals surface area contributed by atoms with E-state index in [2.05, 4.69) is 5.32 Å². The van der Waals surface area contributed by atoms with Gasteiger partial charge in [-0.05, 0) is 74.9 Å². The van der Waals surface area contributed by atoms with Gasteiger partial charge in [0.25, 0.3) is 10.0 Å². The molecular formula is C27H30N2O6S. The zero-order valence-electron chi connectivity index (χ0n) is 20.6. The Kier molecular flexibility index (Phi) is 7.69. The lowest BCUT2D eigenvalue weighted by Gasteiger charge is -2.26. The van der Waals surface area contributed by atoms with E-state index in [1.807, 2.05) is 51.1 Å². The number of sulfonamides is 1. The van der Waals surface area contributed by atoms with Crippen molar-refractivity contribution >= 4 is 21.6 Å². The van der Waals surface area contributed by atoms with Crippen molar-refractivity contribution < 1.29 is 27.4 Å². The second-order valence-corrected chi connectivity index (χ2v) is 10.3. The average Bonchev–Trinajstić information content (AvgIpc) is 2.88. The molecule has 0 aliphatic carbocycles. The molecule has 4 rings (SSSR count). The molecule has 0 saturated carbocycles. The molecule has 0 aromatic heterocycles. The van der Waals surface area contributed by atoms with Crippen LogP contribution in [0.2, 0.25) is 0 Å². The topological polar surface area (TPSA) is 94.2 Å². The van der Waals surface area contributed by atoms with E-state index in [4.69, 9.17) is 14.2 Å². The summed E-state index contributed by atoms with van der Waals surface area (Å²) in [5, 5.41) is 2.90. The van der Waals surface area contributed by atoms with E-state index in [9.17, 15) is 13.2 Å². The number of nitrogens with one attached hydrogen (secondary N) is 1. The Morgan fingerprint density at radius 2 is 1.67 bits per heavy atom. The van der Waals surface area contributed by atoms with Gasteiger partial charge in [-0.2, -0.15) is 0 Å². The van der Waals surface area contributed by atoms with Crippen molar-refractivity contribution in [1.82, 2.24) is 5.32 Å². The second-order valence-electron chi connectivity index (χ2n) is 8.44. The third-order valence-corrected chi connectivity index (χ3v) is 7.56. The normalized spacial score (nSPS) is 13.5. The highest BCUT2D eigenvalue weighted by molar-refractivity contribution is 7.92. The van der Waals surface area contributed by atoms with Gasteiger partial charge in [0.15, 0.2) is 11.5 Å². The first-order valence-corrected chi connectivity index (χ1v) is 13.2. The highest BCUT2D eigenvalue weighted by Crippen LogP contribution is 2.32. The summed E-state index contributed by atoms with van der Waals surface area (Å²) < 4.78 is 45.0. The van der Waals surface area contributed by atoms with Crippen LogP contribution in [-0.2, 0) is 14.8 Å². The zero-order valence-corrected chi connectivity index (χ0v) is 21.4. The van der Waals surface area contributed by atoms with Crippen molar-refractivity contribution in [2.75, 3.05) is 30.7 Å². The average molecular weight is 511 g/mol. The Bertz CT molecular complexity index is 1310. The standard InChI is InChI=1S/C27H30N2O6S/c1-4-33-23-10-12-24(13-11-23)36(31,32)29(22-8-5-19(2)6-9-22)18-27(30)28-20(3)21-7-14-25-26(17-21)35-16-15-34-25/h5-14,17,20H,4,15-16,18H2,1-3H3,(H,28,30)/t20-/m0/s1. The lowest BCUT2D eigenvalue weighted by molar-refractivity contribution is -0.120. The van der Waals surface area contributed by atoms with E-state index < -0.39 is 15.9 Å². The molecule has 0 spiro atoms. The first kappa shape index (κ1) is 25.4. The number of carbonyl (C=O) groups excluding carboxylic acids is 1. The molecule has 1 atom stereocenters. The molecule has 36 heavy (non-hydrogen) atoms. The predicted octanol–water partition coefficient (Wildman–Crippen LogP) is 4.24. The van der Waals surface area contributed by atoms with E-state index in [1.165, 1.54) is 12.1 Å². The van der Waals surface area contributed by atoms with Crippen molar-refractivity contribution in [2.45, 2.75) is 31.7 Å². The van der Waals surface area contributed by atoms with Gasteiger partial charge >= 0.3 is 0 Å². The number of amides is 1. The molecular weight excluding hydrogens is 480 g/mol. The van der Waals surface area contributed by atoms with Gasteiger partial charge in [-0.3, -0.25) is 9.10 Å². The third-order valence-electron chi connectivity index (χ3n) is 5.78. The summed E-state index contributed by atoms with van der Waals surface area (Å²) in [4.78, 5) is 13.2. The molecule has 0 saturated heterocycles. The number of anilines is 1. The van der Waals surface area contributed by atoms with Crippen LogP contribution in [0.15, 0.2) is 71.6 Å². The maximum atomic E-state index is 13.6. The van der Waals surface area contributed by atoms with Crippen molar-refractivity contribution in [3.8, 4) is 17.2 Å². The Hall–Kier alpha value is -3.72. The van der Waals surface area contributed by atoms with Crippen LogP contribution >= 0.6 is 0 Å². The molecule has 1 heterocycles. The minimum absolute atomic E-state index is 0.0687. The lowest BCUT2D eigenvalue weighted by Crippen LogP contribution is -2.41. The molecule has 1 N–H and O–H groups in total. The Morgan fingerprint density at radius 3 is 2.33 bits per heavy atom. The van der Waals surface area contributed by atoms with Crippen molar-refractivity contribution in [3.63, 3.8) is 0 Å².